The van der Waals surface area contributed by atoms with E-state index in [2.05, 4.69) is 20.6 Å². The Labute approximate surface area is 197 Å². The molecule has 0 bridgehead atoms. The number of hydrogen-bond donors (Lipinski definition) is 3. The zero-order valence-corrected chi connectivity index (χ0v) is 19.6. The number of benzene rings is 1. The smallest absolute Gasteiger partial charge is 0.255 e. The van der Waals surface area contributed by atoms with Crippen LogP contribution in [0.15, 0.2) is 48.9 Å². The molecule has 0 aliphatic rings. The third-order valence-corrected chi connectivity index (χ3v) is 4.62. The summed E-state index contributed by atoms with van der Waals surface area (Å²) in [6.45, 7) is 7.35. The number of hydrogen-bond acceptors (Lipinski definition) is 6. The fourth-order valence-electron chi connectivity index (χ4n) is 2.96. The van der Waals surface area contributed by atoms with Crippen LogP contribution >= 0.6 is 11.6 Å². The Kier molecular flexibility index (Phi) is 7.50. The van der Waals surface area contributed by atoms with E-state index in [1.165, 1.54) is 36.8 Å². The van der Waals surface area contributed by atoms with Gasteiger partial charge in [-0.2, -0.15) is 0 Å². The number of aliphatic hydroxyl groups is 1. The lowest BCUT2D eigenvalue weighted by atomic mass is 10.1. The van der Waals surface area contributed by atoms with Crippen molar-refractivity contribution < 1.29 is 19.0 Å². The van der Waals surface area contributed by atoms with Crippen molar-refractivity contribution in [2.24, 2.45) is 0 Å². The fraction of sp³-hybridized carbons (Fsp3) is 0.292. The molecule has 3 N–H and O–H groups in total. The highest BCUT2D eigenvalue weighted by molar-refractivity contribution is 6.30. The minimum Gasteiger partial charge on any atom is -0.484 e. The molecule has 0 fully saturated rings. The molecule has 0 saturated heterocycles. The van der Waals surface area contributed by atoms with Gasteiger partial charge in [0.25, 0.3) is 5.91 Å². The van der Waals surface area contributed by atoms with Crippen LogP contribution in [0, 0.1) is 5.82 Å². The zero-order valence-electron chi connectivity index (χ0n) is 18.8. The largest absolute Gasteiger partial charge is 0.484 e. The number of carbonyl (C=O) groups is 1. The summed E-state index contributed by atoms with van der Waals surface area (Å²) in [6, 6.07) is 7.51. The van der Waals surface area contributed by atoms with Crippen molar-refractivity contribution in [1.29, 1.82) is 0 Å². The van der Waals surface area contributed by atoms with Gasteiger partial charge in [0.05, 0.1) is 34.9 Å². The van der Waals surface area contributed by atoms with E-state index >= 15 is 0 Å². The number of rotatable bonds is 7. The summed E-state index contributed by atoms with van der Waals surface area (Å²) >= 11 is 6.06. The van der Waals surface area contributed by atoms with Gasteiger partial charge in [0, 0.05) is 29.5 Å². The summed E-state index contributed by atoms with van der Waals surface area (Å²) in [5.74, 6) is -0.453. The van der Waals surface area contributed by atoms with Gasteiger partial charge in [0.15, 0.2) is 5.75 Å². The lowest BCUT2D eigenvalue weighted by Gasteiger charge is -2.24. The average Bonchev–Trinajstić information content (AvgIpc) is 2.74. The normalized spacial score (nSPS) is 12.2. The highest BCUT2D eigenvalue weighted by atomic mass is 35.5. The van der Waals surface area contributed by atoms with Gasteiger partial charge in [-0.05, 0) is 58.0 Å². The van der Waals surface area contributed by atoms with Crippen molar-refractivity contribution in [3.8, 4) is 17.0 Å². The highest BCUT2D eigenvalue weighted by Gasteiger charge is 2.19. The molecule has 9 heteroatoms. The van der Waals surface area contributed by atoms with Gasteiger partial charge in [-0.15, -0.1) is 0 Å². The molecule has 0 aliphatic carbocycles. The maximum Gasteiger partial charge on any atom is 0.255 e. The van der Waals surface area contributed by atoms with Crippen LogP contribution in [0.25, 0.3) is 11.3 Å². The number of nitrogens with zero attached hydrogens (tertiary/aromatic N) is 2. The second-order valence-electron chi connectivity index (χ2n) is 8.51. The van der Waals surface area contributed by atoms with Crippen LogP contribution < -0.4 is 15.4 Å². The molecule has 1 aromatic carbocycles. The molecule has 1 unspecified atom stereocenters. The van der Waals surface area contributed by atoms with Gasteiger partial charge in [-0.3, -0.25) is 14.8 Å². The van der Waals surface area contributed by atoms with Gasteiger partial charge in [0.1, 0.15) is 11.4 Å². The monoisotopic (exact) mass is 472 g/mol. The van der Waals surface area contributed by atoms with Crippen LogP contribution in [0.4, 0.5) is 15.8 Å². The van der Waals surface area contributed by atoms with Crippen LogP contribution in [0.5, 0.6) is 5.75 Å². The molecule has 2 heterocycles. The van der Waals surface area contributed by atoms with E-state index in [1.54, 1.807) is 19.1 Å². The van der Waals surface area contributed by atoms with Gasteiger partial charge >= 0.3 is 0 Å². The number of aliphatic hydroxyl groups excluding tert-OH is 1. The van der Waals surface area contributed by atoms with Crippen LogP contribution in [0.2, 0.25) is 5.02 Å². The lowest BCUT2D eigenvalue weighted by molar-refractivity contribution is 0.0924. The quantitative estimate of drug-likeness (QED) is 0.449. The number of amides is 1. The lowest BCUT2D eigenvalue weighted by Crippen LogP contribution is -2.31. The number of pyridine rings is 2. The van der Waals surface area contributed by atoms with E-state index < -0.39 is 23.4 Å². The van der Waals surface area contributed by atoms with Crippen molar-refractivity contribution in [2.45, 2.75) is 39.4 Å². The molecular formula is C24H26ClFN4O3. The second-order valence-corrected chi connectivity index (χ2v) is 8.95. The summed E-state index contributed by atoms with van der Waals surface area (Å²) in [4.78, 5) is 21.0. The zero-order chi connectivity index (χ0) is 24.2. The molecule has 2 aromatic heterocycles. The van der Waals surface area contributed by atoms with Gasteiger partial charge in [-0.1, -0.05) is 11.6 Å². The van der Waals surface area contributed by atoms with Crippen LogP contribution in [0.1, 0.15) is 38.1 Å². The number of carbonyl (C=O) groups excluding carboxylic acids is 1. The first kappa shape index (κ1) is 24.4. The molecule has 0 aliphatic heterocycles. The Balaban J connectivity index is 2.04. The van der Waals surface area contributed by atoms with E-state index in [1.807, 2.05) is 20.8 Å². The summed E-state index contributed by atoms with van der Waals surface area (Å²) in [6.07, 6.45) is 3.76. The van der Waals surface area contributed by atoms with Crippen LogP contribution in [-0.4, -0.2) is 39.2 Å². The third kappa shape index (κ3) is 6.63. The predicted molar refractivity (Wildman–Crippen MR) is 127 cm³/mol. The maximum absolute atomic E-state index is 14.5. The van der Waals surface area contributed by atoms with Crippen molar-refractivity contribution in [2.75, 3.05) is 11.9 Å². The van der Waals surface area contributed by atoms with E-state index in [9.17, 15) is 14.3 Å². The molecule has 1 atom stereocenters. The average molecular weight is 473 g/mol. The summed E-state index contributed by atoms with van der Waals surface area (Å²) in [5, 5.41) is 15.7. The Hall–Kier alpha value is -3.23. The molecule has 33 heavy (non-hydrogen) atoms. The van der Waals surface area contributed by atoms with Crippen molar-refractivity contribution in [3.05, 3.63) is 65.3 Å². The van der Waals surface area contributed by atoms with Gasteiger partial charge in [0.2, 0.25) is 0 Å². The molecular weight excluding hydrogens is 447 g/mol. The topological polar surface area (TPSA) is 96.4 Å². The van der Waals surface area contributed by atoms with Crippen LogP contribution in [-0.2, 0) is 0 Å². The van der Waals surface area contributed by atoms with E-state index in [-0.39, 0.29) is 17.7 Å². The first-order valence-corrected chi connectivity index (χ1v) is 10.7. The second kappa shape index (κ2) is 10.1. The molecule has 1 amide bonds. The minimum atomic E-state index is -0.691. The third-order valence-electron chi connectivity index (χ3n) is 4.38. The van der Waals surface area contributed by atoms with Crippen molar-refractivity contribution >= 4 is 28.9 Å². The summed E-state index contributed by atoms with van der Waals surface area (Å²) in [5.41, 5.74) is 1.25. The van der Waals surface area contributed by atoms with Gasteiger partial charge in [-0.25, -0.2) is 4.39 Å². The van der Waals surface area contributed by atoms with E-state index in [0.717, 1.165) is 0 Å². The molecule has 174 valence electrons. The Morgan fingerprint density at radius 3 is 2.67 bits per heavy atom. The van der Waals surface area contributed by atoms with E-state index in [0.29, 0.717) is 27.8 Å². The molecule has 3 aromatic rings. The number of nitrogens with one attached hydrogen (secondary N) is 2. The van der Waals surface area contributed by atoms with Crippen molar-refractivity contribution in [3.63, 3.8) is 0 Å². The standard InChI is InChI=1S/C24H26ClFN4O3/c1-14(31)11-29-23(32)17-12-27-8-7-19(17)30-21-10-20(16-9-15(25)5-6-18(16)26)28-13-22(21)33-24(2,3)4/h5-10,12-14,31H,11H2,1-4H3,(H,29,32)(H,27,28,30). The molecule has 0 radical (unpaired) electrons. The minimum absolute atomic E-state index is 0.0962. The Morgan fingerprint density at radius 1 is 1.21 bits per heavy atom. The maximum atomic E-state index is 14.5. The molecule has 3 rings (SSSR count). The van der Waals surface area contributed by atoms with Gasteiger partial charge < -0.3 is 20.5 Å². The molecule has 7 nitrogen and oxygen atoms in total. The Bertz CT molecular complexity index is 1150. The van der Waals surface area contributed by atoms with E-state index in [4.69, 9.17) is 16.3 Å². The summed E-state index contributed by atoms with van der Waals surface area (Å²) in [7, 11) is 0. The number of halogens is 2. The first-order valence-electron chi connectivity index (χ1n) is 10.4. The summed E-state index contributed by atoms with van der Waals surface area (Å²) < 4.78 is 20.5. The predicted octanol–water partition coefficient (Wildman–Crippen LogP) is 4.97. The fourth-order valence-corrected chi connectivity index (χ4v) is 3.13. The SMILES string of the molecule is CC(O)CNC(=O)c1cnccc1Nc1cc(-c2cc(Cl)ccc2F)ncc1OC(C)(C)C. The Morgan fingerprint density at radius 2 is 1.97 bits per heavy atom. The highest BCUT2D eigenvalue weighted by Crippen LogP contribution is 2.35. The number of aromatic nitrogens is 2. The molecule has 0 spiro atoms. The number of ether oxygens (including phenoxy) is 1. The first-order chi connectivity index (χ1) is 15.5. The number of anilines is 2. The van der Waals surface area contributed by atoms with Crippen molar-refractivity contribution in [1.82, 2.24) is 15.3 Å². The van der Waals surface area contributed by atoms with Crippen LogP contribution in [0.3, 0.4) is 0 Å². The molecule has 0 saturated carbocycles.